The van der Waals surface area contributed by atoms with E-state index in [0.29, 0.717) is 11.3 Å². The highest BCUT2D eigenvalue weighted by atomic mass is 16.5. The maximum absolute atomic E-state index is 12.2. The molecule has 4 nitrogen and oxygen atoms in total. The number of nitrogens with zero attached hydrogens (tertiary/aromatic N) is 2. The molecular formula is C13H14N2O2. The summed E-state index contributed by atoms with van der Waals surface area (Å²) in [5.74, 6) is 0.566. The van der Waals surface area contributed by atoms with Crippen LogP contribution in [-0.2, 0) is 0 Å². The third kappa shape index (κ3) is 2.56. The molecule has 1 fully saturated rings. The predicted octanol–water partition coefficient (Wildman–Crippen LogP) is 1.82. The van der Waals surface area contributed by atoms with Crippen LogP contribution in [0.5, 0.6) is 5.75 Å². The summed E-state index contributed by atoms with van der Waals surface area (Å²) in [7, 11) is 1.57. The first-order valence-corrected chi connectivity index (χ1v) is 5.58. The van der Waals surface area contributed by atoms with E-state index in [-0.39, 0.29) is 18.5 Å². The monoisotopic (exact) mass is 230 g/mol. The van der Waals surface area contributed by atoms with Crippen molar-refractivity contribution in [3.8, 4) is 11.8 Å². The number of nitriles is 1. The summed E-state index contributed by atoms with van der Waals surface area (Å²) in [6.45, 7) is 0.153. The van der Waals surface area contributed by atoms with Crippen LogP contribution in [0.1, 0.15) is 23.2 Å². The van der Waals surface area contributed by atoms with E-state index in [1.54, 1.807) is 36.3 Å². The number of amides is 1. The topological polar surface area (TPSA) is 53.3 Å². The van der Waals surface area contributed by atoms with Crippen LogP contribution in [0, 0.1) is 11.3 Å². The van der Waals surface area contributed by atoms with Gasteiger partial charge in [0.05, 0.1) is 13.2 Å². The standard InChI is InChI=1S/C13H14N2O2/c1-17-12-4-2-3-10(9-12)13(16)15(8-7-14)11-5-6-11/h2-4,9,11H,5-6,8H2,1H3. The van der Waals surface area contributed by atoms with Crippen molar-refractivity contribution in [3.05, 3.63) is 29.8 Å². The van der Waals surface area contributed by atoms with Crippen molar-refractivity contribution < 1.29 is 9.53 Å². The third-order valence-electron chi connectivity index (χ3n) is 2.81. The molecule has 0 bridgehead atoms. The smallest absolute Gasteiger partial charge is 0.255 e. The minimum Gasteiger partial charge on any atom is -0.497 e. The summed E-state index contributed by atoms with van der Waals surface area (Å²) < 4.78 is 5.09. The van der Waals surface area contributed by atoms with Gasteiger partial charge in [0.1, 0.15) is 12.3 Å². The third-order valence-corrected chi connectivity index (χ3v) is 2.81. The minimum absolute atomic E-state index is 0.0899. The van der Waals surface area contributed by atoms with Crippen molar-refractivity contribution in [1.82, 2.24) is 4.90 Å². The molecule has 1 aliphatic carbocycles. The number of hydrogen-bond donors (Lipinski definition) is 0. The molecule has 4 heteroatoms. The van der Waals surface area contributed by atoms with Gasteiger partial charge in [0, 0.05) is 11.6 Å². The zero-order valence-corrected chi connectivity index (χ0v) is 9.72. The summed E-state index contributed by atoms with van der Waals surface area (Å²) in [6.07, 6.45) is 1.99. The first-order chi connectivity index (χ1) is 8.26. The second-order valence-corrected chi connectivity index (χ2v) is 4.05. The molecule has 0 spiro atoms. The summed E-state index contributed by atoms with van der Waals surface area (Å²) in [5.41, 5.74) is 0.575. The summed E-state index contributed by atoms with van der Waals surface area (Å²) >= 11 is 0. The molecule has 1 aromatic carbocycles. The van der Waals surface area contributed by atoms with Crippen LogP contribution >= 0.6 is 0 Å². The SMILES string of the molecule is COc1cccc(C(=O)N(CC#N)C2CC2)c1. The van der Waals surface area contributed by atoms with Gasteiger partial charge in [0.15, 0.2) is 0 Å². The Bertz CT molecular complexity index is 461. The van der Waals surface area contributed by atoms with E-state index in [1.807, 2.05) is 6.07 Å². The Hall–Kier alpha value is -2.02. The largest absolute Gasteiger partial charge is 0.497 e. The molecule has 88 valence electrons. The molecule has 0 saturated heterocycles. The zero-order chi connectivity index (χ0) is 12.3. The van der Waals surface area contributed by atoms with Crippen molar-refractivity contribution in [2.45, 2.75) is 18.9 Å². The first kappa shape index (κ1) is 11.5. The van der Waals surface area contributed by atoms with Gasteiger partial charge in [-0.15, -0.1) is 0 Å². The molecule has 0 atom stereocenters. The molecule has 0 radical (unpaired) electrons. The van der Waals surface area contributed by atoms with Crippen LogP contribution in [0.4, 0.5) is 0 Å². The molecule has 0 aliphatic heterocycles. The molecule has 17 heavy (non-hydrogen) atoms. The molecule has 2 rings (SSSR count). The van der Waals surface area contributed by atoms with Crippen LogP contribution in [0.3, 0.4) is 0 Å². The van der Waals surface area contributed by atoms with Crippen LogP contribution < -0.4 is 4.74 Å². The molecule has 1 aromatic rings. The number of ether oxygens (including phenoxy) is 1. The van der Waals surface area contributed by atoms with Crippen molar-refractivity contribution in [1.29, 1.82) is 5.26 Å². The Labute approximate surface area is 100 Å². The average molecular weight is 230 g/mol. The van der Waals surface area contributed by atoms with E-state index < -0.39 is 0 Å². The number of carbonyl (C=O) groups excluding carboxylic acids is 1. The Morgan fingerprint density at radius 1 is 1.59 bits per heavy atom. The number of rotatable bonds is 4. The van der Waals surface area contributed by atoms with Crippen LogP contribution in [0.25, 0.3) is 0 Å². The average Bonchev–Trinajstić information content (AvgIpc) is 3.19. The van der Waals surface area contributed by atoms with Gasteiger partial charge in [-0.25, -0.2) is 0 Å². The van der Waals surface area contributed by atoms with Gasteiger partial charge >= 0.3 is 0 Å². The Kier molecular flexibility index (Phi) is 3.29. The number of methoxy groups -OCH3 is 1. The fraction of sp³-hybridized carbons (Fsp3) is 0.385. The lowest BCUT2D eigenvalue weighted by molar-refractivity contribution is 0.0764. The highest BCUT2D eigenvalue weighted by Gasteiger charge is 2.32. The van der Waals surface area contributed by atoms with E-state index in [1.165, 1.54) is 0 Å². The van der Waals surface area contributed by atoms with Gasteiger partial charge in [0.25, 0.3) is 5.91 Å². The molecule has 1 amide bonds. The second-order valence-electron chi connectivity index (χ2n) is 4.05. The van der Waals surface area contributed by atoms with E-state index in [9.17, 15) is 4.79 Å². The Morgan fingerprint density at radius 3 is 2.94 bits per heavy atom. The molecule has 0 N–H and O–H groups in total. The van der Waals surface area contributed by atoms with E-state index in [4.69, 9.17) is 10.00 Å². The van der Waals surface area contributed by atoms with Crippen molar-refractivity contribution >= 4 is 5.91 Å². The minimum atomic E-state index is -0.0899. The van der Waals surface area contributed by atoms with E-state index in [0.717, 1.165) is 12.8 Å². The van der Waals surface area contributed by atoms with Gasteiger partial charge in [-0.05, 0) is 31.0 Å². The normalized spacial score (nSPS) is 13.9. The lowest BCUT2D eigenvalue weighted by Crippen LogP contribution is -2.33. The number of carbonyl (C=O) groups is 1. The molecule has 0 heterocycles. The fourth-order valence-corrected chi connectivity index (χ4v) is 1.75. The first-order valence-electron chi connectivity index (χ1n) is 5.58. The highest BCUT2D eigenvalue weighted by Crippen LogP contribution is 2.28. The Morgan fingerprint density at radius 2 is 2.35 bits per heavy atom. The summed E-state index contributed by atoms with van der Waals surface area (Å²) in [4.78, 5) is 13.8. The highest BCUT2D eigenvalue weighted by molar-refractivity contribution is 5.95. The molecular weight excluding hydrogens is 216 g/mol. The molecule has 0 unspecified atom stereocenters. The van der Waals surface area contributed by atoms with Crippen molar-refractivity contribution in [2.75, 3.05) is 13.7 Å². The van der Waals surface area contributed by atoms with Crippen LogP contribution in [0.15, 0.2) is 24.3 Å². The number of benzene rings is 1. The van der Waals surface area contributed by atoms with Gasteiger partial charge in [0.2, 0.25) is 0 Å². The molecule has 1 aliphatic rings. The van der Waals surface area contributed by atoms with Crippen molar-refractivity contribution in [3.63, 3.8) is 0 Å². The second kappa shape index (κ2) is 4.88. The van der Waals surface area contributed by atoms with Crippen LogP contribution in [0.2, 0.25) is 0 Å². The quantitative estimate of drug-likeness (QED) is 0.741. The lowest BCUT2D eigenvalue weighted by Gasteiger charge is -2.19. The lowest BCUT2D eigenvalue weighted by atomic mass is 10.2. The maximum Gasteiger partial charge on any atom is 0.255 e. The fourth-order valence-electron chi connectivity index (χ4n) is 1.75. The molecule has 1 saturated carbocycles. The van der Waals surface area contributed by atoms with Crippen LogP contribution in [-0.4, -0.2) is 30.5 Å². The van der Waals surface area contributed by atoms with Gasteiger partial charge in [-0.2, -0.15) is 5.26 Å². The number of hydrogen-bond acceptors (Lipinski definition) is 3. The maximum atomic E-state index is 12.2. The zero-order valence-electron chi connectivity index (χ0n) is 9.72. The Balaban J connectivity index is 2.19. The van der Waals surface area contributed by atoms with Gasteiger partial charge in [-0.3, -0.25) is 4.79 Å². The van der Waals surface area contributed by atoms with Gasteiger partial charge in [-0.1, -0.05) is 6.07 Å². The van der Waals surface area contributed by atoms with E-state index >= 15 is 0 Å². The predicted molar refractivity (Wildman–Crippen MR) is 62.7 cm³/mol. The molecule has 0 aromatic heterocycles. The van der Waals surface area contributed by atoms with Crippen molar-refractivity contribution in [2.24, 2.45) is 0 Å². The summed E-state index contributed by atoms with van der Waals surface area (Å²) in [5, 5.41) is 8.74. The summed E-state index contributed by atoms with van der Waals surface area (Å²) in [6, 6.07) is 9.31. The van der Waals surface area contributed by atoms with E-state index in [2.05, 4.69) is 0 Å². The van der Waals surface area contributed by atoms with Gasteiger partial charge < -0.3 is 9.64 Å².